The van der Waals surface area contributed by atoms with Crippen LogP contribution in [0.1, 0.15) is 22.3 Å². The second kappa shape index (κ2) is 7.80. The summed E-state index contributed by atoms with van der Waals surface area (Å²) in [6, 6.07) is 14.9. The first-order valence-corrected chi connectivity index (χ1v) is 10.2. The highest BCUT2D eigenvalue weighted by molar-refractivity contribution is 7.92. The molecule has 0 bridgehead atoms. The van der Waals surface area contributed by atoms with Gasteiger partial charge in [-0.3, -0.25) is 9.71 Å². The third-order valence-electron chi connectivity index (χ3n) is 4.26. The van der Waals surface area contributed by atoms with Crippen molar-refractivity contribution in [2.75, 3.05) is 10.0 Å². The van der Waals surface area contributed by atoms with E-state index >= 15 is 0 Å². The first-order valence-electron chi connectivity index (χ1n) is 8.69. The van der Waals surface area contributed by atoms with E-state index in [1.807, 2.05) is 57.2 Å². The van der Waals surface area contributed by atoms with Crippen molar-refractivity contribution in [2.45, 2.75) is 32.2 Å². The Labute approximate surface area is 160 Å². The van der Waals surface area contributed by atoms with E-state index in [4.69, 9.17) is 0 Å². The van der Waals surface area contributed by atoms with Crippen molar-refractivity contribution in [1.82, 2.24) is 4.98 Å². The maximum absolute atomic E-state index is 12.8. The lowest BCUT2D eigenvalue weighted by atomic mass is 10.1. The molecular weight excluding hydrogens is 358 g/mol. The smallest absolute Gasteiger partial charge is 0.262 e. The standard InChI is InChI=1S/C21H23N3O2S/c1-15-12-16(2)21(17(3)13-15)27(25,26)24-20-6-4-19(5-7-20)23-14-18-8-10-22-11-9-18/h4-13,23-24H,14H2,1-3H3. The number of aromatic nitrogens is 1. The Morgan fingerprint density at radius 3 is 2.00 bits per heavy atom. The largest absolute Gasteiger partial charge is 0.381 e. The SMILES string of the molecule is Cc1cc(C)c(S(=O)(=O)Nc2ccc(NCc3ccncc3)cc2)c(C)c1. The lowest BCUT2D eigenvalue weighted by molar-refractivity contribution is 0.600. The van der Waals surface area contributed by atoms with Crippen molar-refractivity contribution >= 4 is 21.4 Å². The van der Waals surface area contributed by atoms with Crippen LogP contribution in [0.3, 0.4) is 0 Å². The van der Waals surface area contributed by atoms with Gasteiger partial charge < -0.3 is 5.32 Å². The normalized spacial score (nSPS) is 11.2. The van der Waals surface area contributed by atoms with Crippen molar-refractivity contribution in [3.8, 4) is 0 Å². The zero-order chi connectivity index (χ0) is 19.4. The van der Waals surface area contributed by atoms with Crippen LogP contribution in [0.4, 0.5) is 11.4 Å². The monoisotopic (exact) mass is 381 g/mol. The molecule has 0 fully saturated rings. The fourth-order valence-corrected chi connectivity index (χ4v) is 4.67. The van der Waals surface area contributed by atoms with Gasteiger partial charge in [0.25, 0.3) is 10.0 Å². The average molecular weight is 382 g/mol. The number of aryl methyl sites for hydroxylation is 3. The molecule has 2 N–H and O–H groups in total. The molecule has 6 heteroatoms. The van der Waals surface area contributed by atoms with E-state index in [1.165, 1.54) is 0 Å². The molecule has 0 aliphatic carbocycles. The Morgan fingerprint density at radius 1 is 0.852 bits per heavy atom. The molecule has 3 aromatic rings. The van der Waals surface area contributed by atoms with Gasteiger partial charge in [-0.15, -0.1) is 0 Å². The molecule has 0 spiro atoms. The summed E-state index contributed by atoms with van der Waals surface area (Å²) in [6.45, 7) is 6.28. The summed E-state index contributed by atoms with van der Waals surface area (Å²) in [6.07, 6.45) is 3.51. The van der Waals surface area contributed by atoms with Gasteiger partial charge in [-0.25, -0.2) is 8.42 Å². The average Bonchev–Trinajstić information content (AvgIpc) is 2.60. The summed E-state index contributed by atoms with van der Waals surface area (Å²) in [5.41, 5.74) is 5.11. The summed E-state index contributed by atoms with van der Waals surface area (Å²) in [7, 11) is -3.64. The molecule has 1 heterocycles. The van der Waals surface area contributed by atoms with Crippen molar-refractivity contribution < 1.29 is 8.42 Å². The minimum absolute atomic E-state index is 0.341. The summed E-state index contributed by atoms with van der Waals surface area (Å²) < 4.78 is 28.3. The van der Waals surface area contributed by atoms with Crippen LogP contribution in [0.15, 0.2) is 65.8 Å². The Balaban J connectivity index is 1.72. The van der Waals surface area contributed by atoms with Crippen LogP contribution in [-0.2, 0) is 16.6 Å². The van der Waals surface area contributed by atoms with Crippen LogP contribution in [0.2, 0.25) is 0 Å². The number of nitrogens with zero attached hydrogens (tertiary/aromatic N) is 1. The van der Waals surface area contributed by atoms with Crippen LogP contribution in [-0.4, -0.2) is 13.4 Å². The molecule has 0 amide bonds. The van der Waals surface area contributed by atoms with Gasteiger partial charge in [-0.05, 0) is 73.9 Å². The van der Waals surface area contributed by atoms with Gasteiger partial charge in [0.15, 0.2) is 0 Å². The zero-order valence-corrected chi connectivity index (χ0v) is 16.5. The van der Waals surface area contributed by atoms with Gasteiger partial charge in [0.1, 0.15) is 0 Å². The van der Waals surface area contributed by atoms with Crippen LogP contribution >= 0.6 is 0 Å². The molecule has 5 nitrogen and oxygen atoms in total. The van der Waals surface area contributed by atoms with E-state index in [1.54, 1.807) is 24.5 Å². The predicted molar refractivity (Wildman–Crippen MR) is 109 cm³/mol. The van der Waals surface area contributed by atoms with E-state index in [0.29, 0.717) is 17.1 Å². The highest BCUT2D eigenvalue weighted by Gasteiger charge is 2.19. The molecule has 0 saturated carbocycles. The molecule has 1 aromatic heterocycles. The van der Waals surface area contributed by atoms with Crippen molar-refractivity contribution in [2.24, 2.45) is 0 Å². The number of sulfonamides is 1. The van der Waals surface area contributed by atoms with Gasteiger partial charge in [0.05, 0.1) is 4.90 Å². The predicted octanol–water partition coefficient (Wildman–Crippen LogP) is 4.42. The molecule has 3 rings (SSSR count). The molecule has 140 valence electrons. The van der Waals surface area contributed by atoms with E-state index in [0.717, 1.165) is 27.9 Å². The molecule has 27 heavy (non-hydrogen) atoms. The fraction of sp³-hybridized carbons (Fsp3) is 0.190. The third kappa shape index (κ3) is 4.65. The first-order chi connectivity index (χ1) is 12.8. The summed E-state index contributed by atoms with van der Waals surface area (Å²) >= 11 is 0. The Kier molecular flexibility index (Phi) is 5.46. The number of hydrogen-bond donors (Lipinski definition) is 2. The van der Waals surface area contributed by atoms with Gasteiger partial charge in [0.2, 0.25) is 0 Å². The third-order valence-corrected chi connectivity index (χ3v) is 5.94. The molecule has 0 aliphatic rings. The summed E-state index contributed by atoms with van der Waals surface area (Å²) in [5, 5.41) is 3.30. The van der Waals surface area contributed by atoms with Gasteiger partial charge in [-0.1, -0.05) is 17.7 Å². The molecule has 0 atom stereocenters. The zero-order valence-electron chi connectivity index (χ0n) is 15.7. The van der Waals surface area contributed by atoms with Crippen LogP contribution in [0, 0.1) is 20.8 Å². The second-order valence-corrected chi connectivity index (χ2v) is 8.24. The van der Waals surface area contributed by atoms with Gasteiger partial charge in [0, 0.05) is 30.3 Å². The first kappa shape index (κ1) is 18.9. The Hall–Kier alpha value is -2.86. The van der Waals surface area contributed by atoms with Crippen LogP contribution < -0.4 is 10.0 Å². The number of anilines is 2. The Bertz CT molecular complexity index is 1010. The summed E-state index contributed by atoms with van der Waals surface area (Å²) in [4.78, 5) is 4.34. The van der Waals surface area contributed by atoms with E-state index in [-0.39, 0.29) is 0 Å². The van der Waals surface area contributed by atoms with Crippen molar-refractivity contribution in [3.05, 3.63) is 83.2 Å². The van der Waals surface area contributed by atoms with E-state index < -0.39 is 10.0 Å². The van der Waals surface area contributed by atoms with E-state index in [9.17, 15) is 8.42 Å². The number of rotatable bonds is 6. The minimum atomic E-state index is -3.64. The second-order valence-electron chi connectivity index (χ2n) is 6.62. The Morgan fingerprint density at radius 2 is 1.41 bits per heavy atom. The van der Waals surface area contributed by atoms with Crippen LogP contribution in [0.25, 0.3) is 0 Å². The lowest BCUT2D eigenvalue weighted by Gasteiger charge is -2.14. The highest BCUT2D eigenvalue weighted by atomic mass is 32.2. The molecule has 0 unspecified atom stereocenters. The van der Waals surface area contributed by atoms with Crippen molar-refractivity contribution in [3.63, 3.8) is 0 Å². The summed E-state index contributed by atoms with van der Waals surface area (Å²) in [5.74, 6) is 0. The molecule has 2 aromatic carbocycles. The number of pyridine rings is 1. The van der Waals surface area contributed by atoms with Gasteiger partial charge >= 0.3 is 0 Å². The quantitative estimate of drug-likeness (QED) is 0.663. The fourth-order valence-electron chi connectivity index (χ4n) is 3.16. The lowest BCUT2D eigenvalue weighted by Crippen LogP contribution is -2.16. The topological polar surface area (TPSA) is 71.1 Å². The molecule has 0 aliphatic heterocycles. The highest BCUT2D eigenvalue weighted by Crippen LogP contribution is 2.25. The maximum atomic E-state index is 12.8. The number of nitrogens with one attached hydrogen (secondary N) is 2. The number of benzene rings is 2. The van der Waals surface area contributed by atoms with Gasteiger partial charge in [-0.2, -0.15) is 0 Å². The van der Waals surface area contributed by atoms with Crippen LogP contribution in [0.5, 0.6) is 0 Å². The molecule has 0 saturated heterocycles. The van der Waals surface area contributed by atoms with Crippen molar-refractivity contribution in [1.29, 1.82) is 0 Å². The van der Waals surface area contributed by atoms with E-state index in [2.05, 4.69) is 15.0 Å². The minimum Gasteiger partial charge on any atom is -0.381 e. The maximum Gasteiger partial charge on any atom is 0.262 e. The number of hydrogen-bond acceptors (Lipinski definition) is 4. The molecule has 0 radical (unpaired) electrons. The molecular formula is C21H23N3O2S.